The maximum Gasteiger partial charge on any atom is 0.428 e. The number of carbonyl (C=O) groups excluding carboxylic acids is 1. The molecule has 0 atom stereocenters. The molecule has 1 saturated carbocycles. The van der Waals surface area contributed by atoms with Gasteiger partial charge in [0, 0.05) is 0 Å². The highest BCUT2D eigenvalue weighted by Crippen LogP contribution is 2.27. The van der Waals surface area contributed by atoms with E-state index < -0.39 is 21.3 Å². The second kappa shape index (κ2) is 4.62. The van der Waals surface area contributed by atoms with Crippen LogP contribution < -0.4 is 0 Å². The summed E-state index contributed by atoms with van der Waals surface area (Å²) in [4.78, 5) is 10.7. The van der Waals surface area contributed by atoms with E-state index in [1.807, 2.05) is 0 Å². The lowest BCUT2D eigenvalue weighted by Gasteiger charge is -2.19. The Morgan fingerprint density at radius 2 is 1.88 bits per heavy atom. The van der Waals surface area contributed by atoms with Crippen molar-refractivity contribution in [1.82, 2.24) is 0 Å². The Hall–Kier alpha value is -0.760. The molecule has 0 N–H and O–H groups in total. The van der Waals surface area contributed by atoms with Gasteiger partial charge in [-0.3, -0.25) is 0 Å². The number of ether oxygens (including phenoxy) is 1. The SMILES string of the molecule is O=C(OCC1CCCC1)C(F)(F)S(=O)(=O)[O-]. The van der Waals surface area contributed by atoms with E-state index in [-0.39, 0.29) is 12.5 Å². The number of hydrogen-bond donors (Lipinski definition) is 0. The van der Waals surface area contributed by atoms with Gasteiger partial charge in [0.15, 0.2) is 10.1 Å². The predicted molar refractivity (Wildman–Crippen MR) is 47.6 cm³/mol. The van der Waals surface area contributed by atoms with Crippen LogP contribution in [0.15, 0.2) is 0 Å². The third kappa shape index (κ3) is 2.88. The van der Waals surface area contributed by atoms with E-state index >= 15 is 0 Å². The van der Waals surface area contributed by atoms with Gasteiger partial charge in [0.05, 0.1) is 6.61 Å². The van der Waals surface area contributed by atoms with E-state index in [2.05, 4.69) is 4.74 Å². The maximum atomic E-state index is 12.6. The molecule has 0 aromatic heterocycles. The highest BCUT2D eigenvalue weighted by atomic mass is 32.2. The quantitative estimate of drug-likeness (QED) is 0.551. The second-order valence-corrected chi connectivity index (χ2v) is 5.14. The maximum absolute atomic E-state index is 12.6. The van der Waals surface area contributed by atoms with Crippen LogP contribution >= 0.6 is 0 Å². The Labute approximate surface area is 91.5 Å². The van der Waals surface area contributed by atoms with Gasteiger partial charge in [-0.2, -0.15) is 8.78 Å². The zero-order chi connectivity index (χ0) is 12.4. The van der Waals surface area contributed by atoms with Crippen LogP contribution in [0.25, 0.3) is 0 Å². The second-order valence-electron chi connectivity index (χ2n) is 3.72. The lowest BCUT2D eigenvalue weighted by Crippen LogP contribution is -2.39. The summed E-state index contributed by atoms with van der Waals surface area (Å²) in [7, 11) is -6.01. The van der Waals surface area contributed by atoms with E-state index in [0.717, 1.165) is 25.7 Å². The Morgan fingerprint density at radius 3 is 2.31 bits per heavy atom. The standard InChI is InChI=1S/C8H12F2O5S/c9-8(10,16(12,13)14)7(11)15-5-6-3-1-2-4-6/h6H,1-5H2,(H,12,13,14)/p-1. The molecule has 0 unspecified atom stereocenters. The number of halogens is 2. The van der Waals surface area contributed by atoms with Crippen LogP contribution in [0.2, 0.25) is 0 Å². The zero-order valence-corrected chi connectivity index (χ0v) is 9.13. The number of esters is 1. The Bertz CT molecular complexity index is 359. The molecule has 0 spiro atoms. The highest BCUT2D eigenvalue weighted by molar-refractivity contribution is 7.87. The summed E-state index contributed by atoms with van der Waals surface area (Å²) in [5.41, 5.74) is 0. The van der Waals surface area contributed by atoms with Crippen LogP contribution in [-0.2, 0) is 19.6 Å². The van der Waals surface area contributed by atoms with E-state index in [1.165, 1.54) is 0 Å². The van der Waals surface area contributed by atoms with Crippen molar-refractivity contribution in [2.24, 2.45) is 5.92 Å². The predicted octanol–water partition coefficient (Wildman–Crippen LogP) is 0.858. The first-order valence-corrected chi connectivity index (χ1v) is 6.16. The van der Waals surface area contributed by atoms with Gasteiger partial charge in [-0.25, -0.2) is 13.2 Å². The molecule has 0 radical (unpaired) electrons. The third-order valence-electron chi connectivity index (χ3n) is 2.48. The van der Waals surface area contributed by atoms with Gasteiger partial charge >= 0.3 is 11.2 Å². The van der Waals surface area contributed by atoms with Gasteiger partial charge in [0.25, 0.3) is 0 Å². The van der Waals surface area contributed by atoms with Crippen molar-refractivity contribution in [3.63, 3.8) is 0 Å². The van der Waals surface area contributed by atoms with Gasteiger partial charge in [0.2, 0.25) is 0 Å². The molecule has 8 heteroatoms. The fourth-order valence-corrected chi connectivity index (χ4v) is 1.82. The lowest BCUT2D eigenvalue weighted by atomic mass is 10.1. The minimum Gasteiger partial charge on any atom is -0.743 e. The van der Waals surface area contributed by atoms with Crippen molar-refractivity contribution in [2.45, 2.75) is 30.9 Å². The van der Waals surface area contributed by atoms with Crippen LogP contribution in [0.4, 0.5) is 8.78 Å². The number of carbonyl (C=O) groups is 1. The summed E-state index contributed by atoms with van der Waals surface area (Å²) >= 11 is 0. The summed E-state index contributed by atoms with van der Waals surface area (Å²) in [5, 5.41) is -4.99. The van der Waals surface area contributed by atoms with E-state index in [9.17, 15) is 26.5 Å². The molecule has 1 rings (SSSR count). The molecular weight excluding hydrogens is 246 g/mol. The van der Waals surface area contributed by atoms with Crippen LogP contribution in [0, 0.1) is 5.92 Å². The average molecular weight is 257 g/mol. The molecule has 0 aromatic carbocycles. The fourth-order valence-electron chi connectivity index (χ4n) is 1.56. The van der Waals surface area contributed by atoms with Gasteiger partial charge < -0.3 is 9.29 Å². The normalized spacial score (nSPS) is 18.7. The topological polar surface area (TPSA) is 83.5 Å². The van der Waals surface area contributed by atoms with Gasteiger partial charge in [-0.1, -0.05) is 12.8 Å². The van der Waals surface area contributed by atoms with E-state index in [4.69, 9.17) is 0 Å². The van der Waals surface area contributed by atoms with Crippen LogP contribution in [0.3, 0.4) is 0 Å². The molecule has 0 heterocycles. The van der Waals surface area contributed by atoms with Crippen LogP contribution in [0.5, 0.6) is 0 Å². The van der Waals surface area contributed by atoms with Crippen molar-refractivity contribution >= 4 is 16.1 Å². The van der Waals surface area contributed by atoms with Crippen molar-refractivity contribution in [3.05, 3.63) is 0 Å². The smallest absolute Gasteiger partial charge is 0.428 e. The van der Waals surface area contributed by atoms with Gasteiger partial charge in [-0.15, -0.1) is 0 Å². The first-order valence-electron chi connectivity index (χ1n) is 4.75. The first kappa shape index (κ1) is 13.3. The molecule has 1 fully saturated rings. The van der Waals surface area contributed by atoms with Crippen molar-refractivity contribution in [3.8, 4) is 0 Å². The molecule has 0 bridgehead atoms. The minimum atomic E-state index is -6.01. The molecular formula is C8H11F2O5S-. The number of hydrogen-bond acceptors (Lipinski definition) is 5. The van der Waals surface area contributed by atoms with Crippen molar-refractivity contribution in [1.29, 1.82) is 0 Å². The lowest BCUT2D eigenvalue weighted by molar-refractivity contribution is -0.162. The largest absolute Gasteiger partial charge is 0.743 e. The van der Waals surface area contributed by atoms with E-state index in [1.54, 1.807) is 0 Å². The van der Waals surface area contributed by atoms with Crippen molar-refractivity contribution in [2.75, 3.05) is 6.61 Å². The number of alkyl halides is 2. The van der Waals surface area contributed by atoms with Gasteiger partial charge in [-0.05, 0) is 18.8 Å². The molecule has 16 heavy (non-hydrogen) atoms. The summed E-state index contributed by atoms with van der Waals surface area (Å²) in [5.74, 6) is -2.30. The minimum absolute atomic E-state index is 0.0193. The van der Waals surface area contributed by atoms with Crippen LogP contribution in [-0.4, -0.2) is 30.8 Å². The third-order valence-corrected chi connectivity index (χ3v) is 3.27. The summed E-state index contributed by atoms with van der Waals surface area (Å²) in [6.45, 7) is -0.260. The van der Waals surface area contributed by atoms with Gasteiger partial charge in [0.1, 0.15) is 0 Å². The molecule has 1 aliphatic rings. The summed E-state index contributed by atoms with van der Waals surface area (Å²) in [6, 6.07) is 0. The molecule has 0 aromatic rings. The molecule has 5 nitrogen and oxygen atoms in total. The molecule has 0 amide bonds. The first-order chi connectivity index (χ1) is 7.25. The molecule has 1 aliphatic carbocycles. The zero-order valence-electron chi connectivity index (χ0n) is 8.32. The Balaban J connectivity index is 2.51. The Kier molecular flexibility index (Phi) is 3.84. The summed E-state index contributed by atoms with van der Waals surface area (Å²) < 4.78 is 59.6. The monoisotopic (exact) mass is 257 g/mol. The van der Waals surface area contributed by atoms with Crippen molar-refractivity contribution < 1.29 is 31.3 Å². The highest BCUT2D eigenvalue weighted by Gasteiger charge is 2.48. The average Bonchev–Trinajstić information content (AvgIpc) is 2.64. The van der Waals surface area contributed by atoms with E-state index in [0.29, 0.717) is 0 Å². The Morgan fingerprint density at radius 1 is 1.38 bits per heavy atom. The summed E-state index contributed by atoms with van der Waals surface area (Å²) in [6.07, 6.45) is 3.36. The number of rotatable bonds is 4. The van der Waals surface area contributed by atoms with Crippen LogP contribution in [0.1, 0.15) is 25.7 Å². The molecule has 94 valence electrons. The molecule has 0 saturated heterocycles. The molecule has 0 aliphatic heterocycles. The fraction of sp³-hybridized carbons (Fsp3) is 0.875.